The van der Waals surface area contributed by atoms with Gasteiger partial charge in [-0.25, -0.2) is 0 Å². The molecule has 0 aromatic heterocycles. The summed E-state index contributed by atoms with van der Waals surface area (Å²) in [6.45, 7) is 4.77. The predicted octanol–water partition coefficient (Wildman–Crippen LogP) is 1.97. The fraction of sp³-hybridized carbons (Fsp3) is 0.429. The van der Waals surface area contributed by atoms with Crippen LogP contribution in [0.5, 0.6) is 5.75 Å². The third-order valence-corrected chi connectivity index (χ3v) is 3.23. The number of hydrogen-bond donors (Lipinski definition) is 2. The van der Waals surface area contributed by atoms with Gasteiger partial charge in [-0.15, -0.1) is 0 Å². The maximum absolute atomic E-state index is 11.3. The Morgan fingerprint density at radius 2 is 2.25 bits per heavy atom. The molecule has 0 aliphatic rings. The summed E-state index contributed by atoms with van der Waals surface area (Å²) in [5.41, 5.74) is 1.06. The number of hydrogen-bond acceptors (Lipinski definition) is 4. The molecule has 0 aliphatic heterocycles. The molecule has 0 atom stereocenters. The highest BCUT2D eigenvalue weighted by Gasteiger charge is 2.06. The largest absolute Gasteiger partial charge is 0.484 e. The first-order chi connectivity index (χ1) is 9.52. The fourth-order valence-corrected chi connectivity index (χ4v) is 1.82. The van der Waals surface area contributed by atoms with Gasteiger partial charge in [0.15, 0.2) is 6.61 Å². The van der Waals surface area contributed by atoms with Crippen molar-refractivity contribution in [1.29, 1.82) is 5.26 Å². The molecule has 0 aliphatic carbocycles. The van der Waals surface area contributed by atoms with E-state index in [1.54, 1.807) is 6.07 Å². The minimum absolute atomic E-state index is 0.00785. The maximum Gasteiger partial charge on any atom is 0.258 e. The van der Waals surface area contributed by atoms with Crippen molar-refractivity contribution in [3.05, 3.63) is 28.2 Å². The Balaban J connectivity index is 2.56. The quantitative estimate of drug-likeness (QED) is 0.745. The molecule has 108 valence electrons. The maximum atomic E-state index is 11.3. The second-order valence-electron chi connectivity index (χ2n) is 4.51. The summed E-state index contributed by atoms with van der Waals surface area (Å²) in [6.07, 6.45) is 0. The molecule has 1 amide bonds. The van der Waals surface area contributed by atoms with Crippen molar-refractivity contribution in [1.82, 2.24) is 10.6 Å². The fourth-order valence-electron chi connectivity index (χ4n) is 1.43. The highest BCUT2D eigenvalue weighted by atomic mass is 79.9. The molecule has 0 saturated heterocycles. The van der Waals surface area contributed by atoms with E-state index in [0.29, 0.717) is 11.8 Å². The predicted molar refractivity (Wildman–Crippen MR) is 80.2 cm³/mol. The van der Waals surface area contributed by atoms with Crippen molar-refractivity contribution in [2.45, 2.75) is 26.4 Å². The molecule has 0 bridgehead atoms. The van der Waals surface area contributed by atoms with E-state index >= 15 is 0 Å². The van der Waals surface area contributed by atoms with Crippen LogP contribution in [0.1, 0.15) is 19.4 Å². The number of benzene rings is 1. The minimum atomic E-state index is -0.309. The molecule has 1 rings (SSSR count). The number of ether oxygens (including phenoxy) is 1. The Morgan fingerprint density at radius 3 is 2.90 bits per heavy atom. The summed E-state index contributed by atoms with van der Waals surface area (Å²) in [6, 6.07) is 7.80. The van der Waals surface area contributed by atoms with Crippen LogP contribution in [-0.4, -0.2) is 25.1 Å². The molecule has 0 spiro atoms. The van der Waals surface area contributed by atoms with E-state index in [0.717, 1.165) is 16.6 Å². The van der Waals surface area contributed by atoms with Gasteiger partial charge in [0, 0.05) is 17.1 Å². The van der Waals surface area contributed by atoms with E-state index in [1.165, 1.54) is 0 Å². The summed E-state index contributed by atoms with van der Waals surface area (Å²) in [5.74, 6) is 0.317. The summed E-state index contributed by atoms with van der Waals surface area (Å²) in [7, 11) is 0. The lowest BCUT2D eigenvalue weighted by atomic mass is 10.2. The molecule has 6 heteroatoms. The Morgan fingerprint density at radius 1 is 1.50 bits per heavy atom. The van der Waals surface area contributed by atoms with Crippen LogP contribution < -0.4 is 15.4 Å². The van der Waals surface area contributed by atoms with Crippen molar-refractivity contribution < 1.29 is 9.53 Å². The van der Waals surface area contributed by atoms with Crippen LogP contribution in [-0.2, 0) is 11.3 Å². The Kier molecular flexibility index (Phi) is 7.05. The van der Waals surface area contributed by atoms with Crippen LogP contribution in [0.3, 0.4) is 0 Å². The van der Waals surface area contributed by atoms with Crippen LogP contribution in [0.25, 0.3) is 0 Å². The molecule has 0 unspecified atom stereocenters. The van der Waals surface area contributed by atoms with E-state index in [9.17, 15) is 4.79 Å². The molecular formula is C14H18BrN3O2. The molecule has 0 heterocycles. The summed E-state index contributed by atoms with van der Waals surface area (Å²) >= 11 is 3.48. The lowest BCUT2D eigenvalue weighted by Gasteiger charge is -2.12. The standard InChI is InChI=1S/C14H18BrN3O2/c1-10(2)18-8-11-7-12(3-4-13(11)15)20-9-14(19)17-6-5-16/h3-4,7,10,18H,6,8-9H2,1-2H3,(H,17,19). The summed E-state index contributed by atoms with van der Waals surface area (Å²) in [4.78, 5) is 11.3. The zero-order chi connectivity index (χ0) is 15.0. The highest BCUT2D eigenvalue weighted by molar-refractivity contribution is 9.10. The number of halogens is 1. The Bertz CT molecular complexity index is 498. The van der Waals surface area contributed by atoms with Gasteiger partial charge >= 0.3 is 0 Å². The average molecular weight is 340 g/mol. The topological polar surface area (TPSA) is 74.2 Å². The van der Waals surface area contributed by atoms with Gasteiger partial charge in [-0.1, -0.05) is 29.8 Å². The van der Waals surface area contributed by atoms with Crippen LogP contribution in [0.2, 0.25) is 0 Å². The third-order valence-electron chi connectivity index (χ3n) is 2.45. The highest BCUT2D eigenvalue weighted by Crippen LogP contribution is 2.22. The third kappa shape index (κ3) is 6.04. The van der Waals surface area contributed by atoms with E-state index < -0.39 is 0 Å². The van der Waals surface area contributed by atoms with Crippen LogP contribution in [0.15, 0.2) is 22.7 Å². The van der Waals surface area contributed by atoms with E-state index in [1.807, 2.05) is 18.2 Å². The van der Waals surface area contributed by atoms with E-state index in [-0.39, 0.29) is 19.1 Å². The molecule has 0 fully saturated rings. The zero-order valence-electron chi connectivity index (χ0n) is 11.6. The first-order valence-electron chi connectivity index (χ1n) is 6.31. The number of nitrogens with zero attached hydrogens (tertiary/aromatic N) is 1. The summed E-state index contributed by atoms with van der Waals surface area (Å²) < 4.78 is 6.39. The van der Waals surface area contributed by atoms with Gasteiger partial charge < -0.3 is 15.4 Å². The van der Waals surface area contributed by atoms with Crippen molar-refractivity contribution in [2.75, 3.05) is 13.2 Å². The van der Waals surface area contributed by atoms with Gasteiger partial charge in [0.2, 0.25) is 0 Å². The van der Waals surface area contributed by atoms with Crippen molar-refractivity contribution in [3.8, 4) is 11.8 Å². The molecule has 0 saturated carbocycles. The molecule has 1 aromatic rings. The molecule has 0 radical (unpaired) electrons. The molecular weight excluding hydrogens is 322 g/mol. The number of nitriles is 1. The SMILES string of the molecule is CC(C)NCc1cc(OCC(=O)NCC#N)ccc1Br. The number of carbonyl (C=O) groups is 1. The summed E-state index contributed by atoms with van der Waals surface area (Å²) in [5, 5.41) is 14.1. The van der Waals surface area contributed by atoms with Gasteiger partial charge in [0.05, 0.1) is 6.07 Å². The molecule has 2 N–H and O–H groups in total. The molecule has 5 nitrogen and oxygen atoms in total. The van der Waals surface area contributed by atoms with Crippen LogP contribution in [0.4, 0.5) is 0 Å². The lowest BCUT2D eigenvalue weighted by molar-refractivity contribution is -0.122. The number of amides is 1. The lowest BCUT2D eigenvalue weighted by Crippen LogP contribution is -2.29. The zero-order valence-corrected chi connectivity index (χ0v) is 13.2. The van der Waals surface area contributed by atoms with Gasteiger partial charge in [-0.3, -0.25) is 4.79 Å². The smallest absolute Gasteiger partial charge is 0.258 e. The molecule has 1 aromatic carbocycles. The first kappa shape index (κ1) is 16.5. The van der Waals surface area contributed by atoms with Crippen molar-refractivity contribution >= 4 is 21.8 Å². The molecule has 20 heavy (non-hydrogen) atoms. The van der Waals surface area contributed by atoms with Gasteiger partial charge in [-0.05, 0) is 23.8 Å². The monoisotopic (exact) mass is 339 g/mol. The van der Waals surface area contributed by atoms with Gasteiger partial charge in [0.25, 0.3) is 5.91 Å². The van der Waals surface area contributed by atoms with Crippen LogP contribution >= 0.6 is 15.9 Å². The van der Waals surface area contributed by atoms with E-state index in [4.69, 9.17) is 10.00 Å². The van der Waals surface area contributed by atoms with Gasteiger partial charge in [-0.2, -0.15) is 5.26 Å². The number of carbonyl (C=O) groups excluding carboxylic acids is 1. The minimum Gasteiger partial charge on any atom is -0.484 e. The van der Waals surface area contributed by atoms with Gasteiger partial charge in [0.1, 0.15) is 12.3 Å². The van der Waals surface area contributed by atoms with Crippen molar-refractivity contribution in [3.63, 3.8) is 0 Å². The average Bonchev–Trinajstić information content (AvgIpc) is 2.42. The normalized spacial score (nSPS) is 10.2. The van der Waals surface area contributed by atoms with Crippen molar-refractivity contribution in [2.24, 2.45) is 0 Å². The van der Waals surface area contributed by atoms with E-state index in [2.05, 4.69) is 40.4 Å². The van der Waals surface area contributed by atoms with Crippen LogP contribution in [0, 0.1) is 11.3 Å². The Hall–Kier alpha value is -1.58. The Labute approximate surface area is 127 Å². The number of rotatable bonds is 7. The number of nitrogens with one attached hydrogen (secondary N) is 2. The first-order valence-corrected chi connectivity index (χ1v) is 7.10. The second-order valence-corrected chi connectivity index (χ2v) is 5.37. The second kappa shape index (κ2) is 8.56.